The number of fused-ring (bicyclic) bond motifs is 1. The molecule has 0 N–H and O–H groups in total. The Labute approximate surface area is 211 Å². The number of rotatable bonds is 7. The first-order chi connectivity index (χ1) is 18.0. The molecule has 0 radical (unpaired) electrons. The van der Waals surface area contributed by atoms with Crippen LogP contribution in [-0.4, -0.2) is 62.7 Å². The van der Waals surface area contributed by atoms with Gasteiger partial charge in [0.2, 0.25) is 11.8 Å². The zero-order chi connectivity index (χ0) is 25.4. The topological polar surface area (TPSA) is 89.0 Å². The Hall–Kier alpha value is -3.70. The Bertz CT molecular complexity index is 1380. The highest BCUT2D eigenvalue weighted by Crippen LogP contribution is 2.28. The molecule has 37 heavy (non-hydrogen) atoms. The minimum absolute atomic E-state index is 0.00301. The highest BCUT2D eigenvalue weighted by molar-refractivity contribution is 5.95. The van der Waals surface area contributed by atoms with Gasteiger partial charge in [0, 0.05) is 29.6 Å². The van der Waals surface area contributed by atoms with Gasteiger partial charge >= 0.3 is 6.43 Å². The molecule has 192 valence electrons. The van der Waals surface area contributed by atoms with Gasteiger partial charge in [0.05, 0.1) is 31.5 Å². The lowest BCUT2D eigenvalue weighted by atomic mass is 9.93. The maximum Gasteiger partial charge on any atom is 0.314 e. The number of likely N-dealkylation sites (tertiary alicyclic amines) is 1. The third-order valence-electron chi connectivity index (χ3n) is 7.05. The summed E-state index contributed by atoms with van der Waals surface area (Å²) in [5.41, 5.74) is 2.60. The van der Waals surface area contributed by atoms with Crippen molar-refractivity contribution in [3.8, 4) is 11.5 Å². The van der Waals surface area contributed by atoms with Crippen LogP contribution in [0.15, 0.2) is 59.3 Å². The van der Waals surface area contributed by atoms with E-state index in [0.717, 1.165) is 44.8 Å². The van der Waals surface area contributed by atoms with Crippen LogP contribution < -0.4 is 4.90 Å². The number of nitrogens with zero attached hydrogens (tertiary/aromatic N) is 6. The number of piperidine rings is 1. The van der Waals surface area contributed by atoms with Crippen molar-refractivity contribution in [3.05, 3.63) is 66.4 Å². The number of alkyl halides is 2. The molecule has 5 heterocycles. The molecule has 1 amide bonds. The molecular weight excluding hydrogens is 482 g/mol. The third-order valence-corrected chi connectivity index (χ3v) is 7.05. The van der Waals surface area contributed by atoms with Crippen molar-refractivity contribution in [2.24, 2.45) is 5.92 Å². The molecule has 3 aromatic heterocycles. The average molecular weight is 509 g/mol. The Morgan fingerprint density at radius 3 is 2.57 bits per heavy atom. The summed E-state index contributed by atoms with van der Waals surface area (Å²) in [6.07, 6.45) is 2.42. The Morgan fingerprint density at radius 2 is 1.89 bits per heavy atom. The predicted molar refractivity (Wildman–Crippen MR) is 130 cm³/mol. The van der Waals surface area contributed by atoms with E-state index in [1.54, 1.807) is 18.3 Å². The molecule has 4 aromatic rings. The van der Waals surface area contributed by atoms with Gasteiger partial charge in [0.25, 0.3) is 5.89 Å². The number of pyridine rings is 1. The Morgan fingerprint density at radius 1 is 1.11 bits per heavy atom. The molecular formula is C26H26F2N6O3. The summed E-state index contributed by atoms with van der Waals surface area (Å²) in [6, 6.07) is 13.5. The second-order valence-electron chi connectivity index (χ2n) is 9.42. The van der Waals surface area contributed by atoms with Gasteiger partial charge in [0.1, 0.15) is 5.65 Å². The van der Waals surface area contributed by atoms with E-state index in [4.69, 9.17) is 14.1 Å². The second-order valence-corrected chi connectivity index (χ2v) is 9.42. The normalized spacial score (nSPS) is 17.4. The van der Waals surface area contributed by atoms with Gasteiger partial charge in [0.15, 0.2) is 0 Å². The van der Waals surface area contributed by atoms with Crippen LogP contribution in [0.4, 0.5) is 14.5 Å². The first-order valence-electron chi connectivity index (χ1n) is 12.3. The first kappa shape index (κ1) is 23.7. The van der Waals surface area contributed by atoms with E-state index < -0.39 is 12.3 Å². The van der Waals surface area contributed by atoms with Crippen molar-refractivity contribution in [1.82, 2.24) is 24.5 Å². The number of anilines is 1. The molecule has 0 atom stereocenters. The monoisotopic (exact) mass is 508 g/mol. The smallest absolute Gasteiger partial charge is 0.314 e. The molecule has 2 fully saturated rings. The summed E-state index contributed by atoms with van der Waals surface area (Å²) in [5.74, 6) is -0.674. The zero-order valence-corrected chi connectivity index (χ0v) is 20.0. The number of aromatic nitrogens is 4. The number of hydrogen-bond acceptors (Lipinski definition) is 7. The van der Waals surface area contributed by atoms with Crippen molar-refractivity contribution in [3.63, 3.8) is 0 Å². The van der Waals surface area contributed by atoms with Crippen LogP contribution in [0.5, 0.6) is 0 Å². The fourth-order valence-corrected chi connectivity index (χ4v) is 4.92. The quantitative estimate of drug-likeness (QED) is 0.373. The number of benzene rings is 1. The minimum atomic E-state index is -2.83. The molecule has 11 heteroatoms. The molecule has 2 saturated heterocycles. The number of carbonyl (C=O) groups is 1. The molecule has 9 nitrogen and oxygen atoms in total. The van der Waals surface area contributed by atoms with Crippen molar-refractivity contribution in [1.29, 1.82) is 0 Å². The highest BCUT2D eigenvalue weighted by Gasteiger charge is 2.34. The first-order valence-corrected chi connectivity index (χ1v) is 12.3. The van der Waals surface area contributed by atoms with Gasteiger partial charge < -0.3 is 18.5 Å². The third kappa shape index (κ3) is 4.84. The van der Waals surface area contributed by atoms with Crippen molar-refractivity contribution in [2.75, 3.05) is 31.2 Å². The molecule has 2 aliphatic heterocycles. The van der Waals surface area contributed by atoms with Crippen LogP contribution in [-0.2, 0) is 16.1 Å². The van der Waals surface area contributed by atoms with E-state index in [2.05, 4.69) is 15.1 Å². The van der Waals surface area contributed by atoms with Crippen molar-refractivity contribution < 1.29 is 22.7 Å². The van der Waals surface area contributed by atoms with E-state index in [1.807, 2.05) is 45.8 Å². The molecule has 2 aliphatic rings. The van der Waals surface area contributed by atoms with E-state index in [1.165, 1.54) is 0 Å². The lowest BCUT2D eigenvalue weighted by Gasteiger charge is -2.41. The van der Waals surface area contributed by atoms with Crippen LogP contribution in [0, 0.1) is 5.92 Å². The zero-order valence-electron chi connectivity index (χ0n) is 20.0. The van der Waals surface area contributed by atoms with E-state index in [0.29, 0.717) is 29.5 Å². The van der Waals surface area contributed by atoms with E-state index >= 15 is 0 Å². The maximum absolute atomic E-state index is 13.7. The lowest BCUT2D eigenvalue weighted by molar-refractivity contribution is -0.125. The minimum Gasteiger partial charge on any atom is -0.415 e. The predicted octanol–water partition coefficient (Wildman–Crippen LogP) is 3.97. The van der Waals surface area contributed by atoms with Crippen LogP contribution in [0.3, 0.4) is 0 Å². The number of amides is 1. The van der Waals surface area contributed by atoms with Crippen molar-refractivity contribution >= 4 is 17.2 Å². The van der Waals surface area contributed by atoms with Gasteiger partial charge in [-0.3, -0.25) is 9.69 Å². The summed E-state index contributed by atoms with van der Waals surface area (Å²) in [6.45, 7) is 3.67. The molecule has 1 aromatic carbocycles. The highest BCUT2D eigenvalue weighted by atomic mass is 19.3. The van der Waals surface area contributed by atoms with Gasteiger partial charge in [-0.05, 0) is 50.2 Å². The molecule has 0 unspecified atom stereocenters. The number of carbonyl (C=O) groups excluding carboxylic acids is 1. The number of ether oxygens (including phenoxy) is 1. The van der Waals surface area contributed by atoms with E-state index in [-0.39, 0.29) is 17.7 Å². The summed E-state index contributed by atoms with van der Waals surface area (Å²) in [4.78, 5) is 22.7. The lowest BCUT2D eigenvalue weighted by Crippen LogP contribution is -2.53. The van der Waals surface area contributed by atoms with Gasteiger partial charge in [-0.1, -0.05) is 18.2 Å². The summed E-state index contributed by atoms with van der Waals surface area (Å²) in [5, 5.41) is 7.10. The molecule has 0 bridgehead atoms. The maximum atomic E-state index is 13.7. The fraction of sp³-hybridized carbons (Fsp3) is 0.385. The number of imidazole rings is 1. The number of hydrogen-bond donors (Lipinski definition) is 0. The standard InChI is InChI=1S/C26H26F2N6O3/c27-23(28)25-31-30-24(37-25)18-8-11-33-13-19(29-22(33)12-18)14-34(20-4-2-1-3-5-20)26(35)17-6-9-32(10-7-17)21-15-36-16-21/h1-5,8,11-13,17,21,23H,6-7,9-10,14-16H2. The van der Waals surface area contributed by atoms with Crippen LogP contribution in [0.1, 0.15) is 30.9 Å². The van der Waals surface area contributed by atoms with Gasteiger partial charge in [-0.25, -0.2) is 4.98 Å². The van der Waals surface area contributed by atoms with Gasteiger partial charge in [-0.15, -0.1) is 10.2 Å². The number of halogens is 2. The van der Waals surface area contributed by atoms with Crippen LogP contribution in [0.25, 0.3) is 17.1 Å². The SMILES string of the molecule is O=C(C1CCN(C2COC2)CC1)N(Cc1cn2ccc(-c3nnc(C(F)F)o3)cc2n1)c1ccccc1. The summed E-state index contributed by atoms with van der Waals surface area (Å²) < 4.78 is 37.9. The molecule has 0 spiro atoms. The Kier molecular flexibility index (Phi) is 6.39. The second kappa shape index (κ2) is 9.98. The fourth-order valence-electron chi connectivity index (χ4n) is 4.92. The largest absolute Gasteiger partial charge is 0.415 e. The van der Waals surface area contributed by atoms with E-state index in [9.17, 15) is 13.6 Å². The molecule has 0 saturated carbocycles. The summed E-state index contributed by atoms with van der Waals surface area (Å²) in [7, 11) is 0. The van der Waals surface area contributed by atoms with Crippen molar-refractivity contribution in [2.45, 2.75) is 31.9 Å². The molecule has 6 rings (SSSR count). The van der Waals surface area contributed by atoms with Gasteiger partial charge in [-0.2, -0.15) is 8.78 Å². The Balaban J connectivity index is 1.22. The van der Waals surface area contributed by atoms with Crippen LogP contribution >= 0.6 is 0 Å². The summed E-state index contributed by atoms with van der Waals surface area (Å²) >= 11 is 0. The number of para-hydroxylation sites is 1. The molecule has 0 aliphatic carbocycles. The van der Waals surface area contributed by atoms with Crippen LogP contribution in [0.2, 0.25) is 0 Å². The average Bonchev–Trinajstić information content (AvgIpc) is 3.54.